The van der Waals surface area contributed by atoms with Crippen LogP contribution in [0.3, 0.4) is 0 Å². The molecule has 1 heteroatoms. The summed E-state index contributed by atoms with van der Waals surface area (Å²) in [5.41, 5.74) is 1.16. The molecular formula is C7H11N. The predicted octanol–water partition coefficient (Wildman–Crippen LogP) is 1.97. The van der Waals surface area contributed by atoms with E-state index < -0.39 is 0 Å². The first-order chi connectivity index (χ1) is 3.93. The Labute approximate surface area is 50.8 Å². The van der Waals surface area contributed by atoms with E-state index in [1.54, 1.807) is 0 Å². The Morgan fingerprint density at radius 1 is 1.25 bits per heavy atom. The first-order valence-corrected chi connectivity index (χ1v) is 2.66. The highest BCUT2D eigenvalue weighted by atomic mass is 14.8. The number of nitrogens with one attached hydrogen (secondary N) is 1. The number of hydrogen-bond acceptors (Lipinski definition) is 1. The van der Waals surface area contributed by atoms with Gasteiger partial charge >= 0.3 is 0 Å². The minimum Gasteiger partial charge on any atom is -0.388 e. The van der Waals surface area contributed by atoms with E-state index in [4.69, 9.17) is 0 Å². The summed E-state index contributed by atoms with van der Waals surface area (Å²) in [5.74, 6) is 0. The maximum absolute atomic E-state index is 3.03. The predicted molar refractivity (Wildman–Crippen MR) is 38.1 cm³/mol. The van der Waals surface area contributed by atoms with Gasteiger partial charge in [-0.05, 0) is 12.1 Å². The molecule has 0 aliphatic carbocycles. The SMILES string of the molecule is CNc1ccccc1.[2HH]. The first-order valence-electron chi connectivity index (χ1n) is 2.66. The van der Waals surface area contributed by atoms with Crippen LogP contribution in [0.25, 0.3) is 0 Å². The van der Waals surface area contributed by atoms with Gasteiger partial charge in [-0.1, -0.05) is 18.2 Å². The van der Waals surface area contributed by atoms with E-state index in [0.29, 0.717) is 0 Å². The van der Waals surface area contributed by atoms with E-state index in [9.17, 15) is 0 Å². The van der Waals surface area contributed by atoms with Crippen LogP contribution in [0.5, 0.6) is 0 Å². The van der Waals surface area contributed by atoms with Gasteiger partial charge in [0.1, 0.15) is 0 Å². The summed E-state index contributed by atoms with van der Waals surface area (Å²) in [6.07, 6.45) is 0. The van der Waals surface area contributed by atoms with Crippen molar-refractivity contribution in [2.75, 3.05) is 12.4 Å². The smallest absolute Gasteiger partial charge is 0.0337 e. The van der Waals surface area contributed by atoms with Crippen molar-refractivity contribution in [1.29, 1.82) is 0 Å². The summed E-state index contributed by atoms with van der Waals surface area (Å²) in [6.45, 7) is 0. The van der Waals surface area contributed by atoms with Crippen LogP contribution in [-0.2, 0) is 0 Å². The van der Waals surface area contributed by atoms with Crippen LogP contribution in [0.1, 0.15) is 1.43 Å². The number of benzene rings is 1. The lowest BCUT2D eigenvalue weighted by Crippen LogP contribution is -1.84. The van der Waals surface area contributed by atoms with Gasteiger partial charge in [0.2, 0.25) is 0 Å². The molecule has 0 radical (unpaired) electrons. The van der Waals surface area contributed by atoms with Gasteiger partial charge in [-0.3, -0.25) is 0 Å². The van der Waals surface area contributed by atoms with Crippen molar-refractivity contribution < 1.29 is 1.43 Å². The monoisotopic (exact) mass is 110 g/mol. The molecular weight excluding hydrogens is 98.1 g/mol. The molecule has 1 aromatic carbocycles. The first kappa shape index (κ1) is 5.16. The molecule has 0 fully saturated rings. The maximum atomic E-state index is 3.03. The molecule has 8 heavy (non-hydrogen) atoms. The fourth-order valence-corrected chi connectivity index (χ4v) is 0.605. The molecule has 1 nitrogen and oxygen atoms in total. The van der Waals surface area contributed by atoms with Crippen LogP contribution >= 0.6 is 0 Å². The number of anilines is 1. The Balaban J connectivity index is 0.000000640. The molecule has 1 N–H and O–H groups in total. The van der Waals surface area contributed by atoms with E-state index in [1.807, 2.05) is 37.4 Å². The lowest BCUT2D eigenvalue weighted by molar-refractivity contribution is 1.51. The molecule has 0 aliphatic heterocycles. The van der Waals surface area contributed by atoms with Gasteiger partial charge in [-0.2, -0.15) is 0 Å². The third-order valence-corrected chi connectivity index (χ3v) is 1.06. The second-order valence-electron chi connectivity index (χ2n) is 1.62. The van der Waals surface area contributed by atoms with Crippen LogP contribution in [0.15, 0.2) is 30.3 Å². The molecule has 0 amide bonds. The Morgan fingerprint density at radius 2 is 1.88 bits per heavy atom. The molecule has 0 aliphatic rings. The Morgan fingerprint density at radius 3 is 2.25 bits per heavy atom. The zero-order valence-corrected chi connectivity index (χ0v) is 4.89. The van der Waals surface area contributed by atoms with Crippen molar-refractivity contribution >= 4 is 5.69 Å². The third kappa shape index (κ3) is 0.997. The van der Waals surface area contributed by atoms with Crippen LogP contribution in [0, 0.1) is 0 Å². The standard InChI is InChI=1S/C7H9N.H2/c1-8-7-5-3-2-4-6-7;/h2-6,8H,1H3;1H/i;1+1. The van der Waals surface area contributed by atoms with Crippen molar-refractivity contribution in [1.82, 2.24) is 0 Å². The van der Waals surface area contributed by atoms with Gasteiger partial charge in [-0.15, -0.1) is 0 Å². The summed E-state index contributed by atoms with van der Waals surface area (Å²) in [7, 11) is 1.91. The van der Waals surface area contributed by atoms with Gasteiger partial charge in [-0.25, -0.2) is 0 Å². The molecule has 0 unspecified atom stereocenters. The summed E-state index contributed by atoms with van der Waals surface area (Å²) in [6, 6.07) is 10.1. The van der Waals surface area contributed by atoms with Gasteiger partial charge in [0.25, 0.3) is 0 Å². The van der Waals surface area contributed by atoms with Crippen molar-refractivity contribution in [3.05, 3.63) is 30.3 Å². The number of hydrogen-bond donors (Lipinski definition) is 1. The van der Waals surface area contributed by atoms with Crippen molar-refractivity contribution in [2.45, 2.75) is 0 Å². The highest BCUT2D eigenvalue weighted by molar-refractivity contribution is 5.41. The fourth-order valence-electron chi connectivity index (χ4n) is 0.605. The van der Waals surface area contributed by atoms with E-state index in [-0.39, 0.29) is 1.43 Å². The van der Waals surface area contributed by atoms with Crippen LogP contribution in [0.4, 0.5) is 5.69 Å². The van der Waals surface area contributed by atoms with E-state index in [0.717, 1.165) is 5.69 Å². The normalized spacial score (nSPS) is 8.62. The molecule has 0 saturated carbocycles. The zero-order valence-electron chi connectivity index (χ0n) is 4.89. The van der Waals surface area contributed by atoms with E-state index in [1.165, 1.54) is 0 Å². The largest absolute Gasteiger partial charge is 0.388 e. The molecule has 0 spiro atoms. The lowest BCUT2D eigenvalue weighted by Gasteiger charge is -1.94. The van der Waals surface area contributed by atoms with Crippen molar-refractivity contribution in [2.24, 2.45) is 0 Å². The van der Waals surface area contributed by atoms with Crippen molar-refractivity contribution in [3.8, 4) is 0 Å². The molecule has 0 heterocycles. The molecule has 1 rings (SSSR count). The third-order valence-electron chi connectivity index (χ3n) is 1.06. The van der Waals surface area contributed by atoms with Gasteiger partial charge in [0, 0.05) is 14.2 Å². The number of rotatable bonds is 1. The molecule has 1 aromatic rings. The highest BCUT2D eigenvalue weighted by Gasteiger charge is 1.77. The Hall–Kier alpha value is -0.980. The van der Waals surface area contributed by atoms with E-state index >= 15 is 0 Å². The van der Waals surface area contributed by atoms with Gasteiger partial charge in [0.05, 0.1) is 0 Å². The molecule has 0 atom stereocenters. The fraction of sp³-hybridized carbons (Fsp3) is 0.143. The molecule has 0 bridgehead atoms. The van der Waals surface area contributed by atoms with Crippen LogP contribution in [0.2, 0.25) is 0 Å². The van der Waals surface area contributed by atoms with Crippen LogP contribution in [-0.4, -0.2) is 7.05 Å². The van der Waals surface area contributed by atoms with Gasteiger partial charge in [0.15, 0.2) is 0 Å². The van der Waals surface area contributed by atoms with Crippen LogP contribution < -0.4 is 5.32 Å². The topological polar surface area (TPSA) is 12.0 Å². The molecule has 0 aromatic heterocycles. The van der Waals surface area contributed by atoms with Crippen molar-refractivity contribution in [3.63, 3.8) is 0 Å². The molecule has 0 saturated heterocycles. The minimum absolute atomic E-state index is 0. The van der Waals surface area contributed by atoms with E-state index in [2.05, 4.69) is 5.32 Å². The lowest BCUT2D eigenvalue weighted by atomic mass is 10.3. The summed E-state index contributed by atoms with van der Waals surface area (Å²) >= 11 is 0. The minimum atomic E-state index is 0. The average Bonchev–Trinajstić information content (AvgIpc) is 1.90. The second-order valence-corrected chi connectivity index (χ2v) is 1.62. The summed E-state index contributed by atoms with van der Waals surface area (Å²) in [4.78, 5) is 0. The quantitative estimate of drug-likeness (QED) is 0.582. The second kappa shape index (κ2) is 2.36. The highest BCUT2D eigenvalue weighted by Crippen LogP contribution is 2.01. The van der Waals surface area contributed by atoms with Gasteiger partial charge < -0.3 is 5.32 Å². The average molecular weight is 110 g/mol. The Bertz CT molecular complexity index is 150. The zero-order chi connectivity index (χ0) is 5.82. The Kier molecular flexibility index (Phi) is 1.52. The summed E-state index contributed by atoms with van der Waals surface area (Å²) < 4.78 is 0. The molecule has 44 valence electrons. The summed E-state index contributed by atoms with van der Waals surface area (Å²) in [5, 5.41) is 3.03. The maximum Gasteiger partial charge on any atom is 0.0337 e. The number of para-hydroxylation sites is 1.